The van der Waals surface area contributed by atoms with Gasteiger partial charge in [-0.15, -0.1) is 0 Å². The van der Waals surface area contributed by atoms with Crippen molar-refractivity contribution in [3.05, 3.63) is 41.4 Å². The molecule has 3 aromatic rings. The van der Waals surface area contributed by atoms with Crippen LogP contribution in [0.15, 0.2) is 35.5 Å². The number of hydrogen-bond acceptors (Lipinski definition) is 6. The Kier molecular flexibility index (Phi) is 5.64. The summed E-state index contributed by atoms with van der Waals surface area (Å²) in [5.74, 6) is 0.640. The highest BCUT2D eigenvalue weighted by Crippen LogP contribution is 2.23. The fraction of sp³-hybridized carbons (Fsp3) is 0.353. The van der Waals surface area contributed by atoms with Gasteiger partial charge in [-0.25, -0.2) is 15.0 Å². The van der Waals surface area contributed by atoms with Crippen LogP contribution in [0.5, 0.6) is 0 Å². The van der Waals surface area contributed by atoms with Crippen molar-refractivity contribution in [2.24, 2.45) is 7.05 Å². The van der Waals surface area contributed by atoms with Gasteiger partial charge in [0.1, 0.15) is 5.82 Å². The van der Waals surface area contributed by atoms with Crippen LogP contribution in [-0.2, 0) is 23.6 Å². The van der Waals surface area contributed by atoms with Gasteiger partial charge >= 0.3 is 0 Å². The molecule has 0 aliphatic rings. The molecule has 0 radical (unpaired) electrons. The number of hydrogen-bond donors (Lipinski definition) is 1. The molecular weight excluding hydrogens is 388 g/mol. The maximum absolute atomic E-state index is 12.8. The van der Waals surface area contributed by atoms with Crippen molar-refractivity contribution in [2.75, 3.05) is 17.8 Å². The smallest absolute Gasteiger partial charge is 0.282 e. The van der Waals surface area contributed by atoms with E-state index in [1.807, 2.05) is 19.9 Å². The monoisotopic (exact) mass is 408 g/mol. The Morgan fingerprint density at radius 3 is 2.37 bits per heavy atom. The van der Waals surface area contributed by atoms with Crippen LogP contribution >= 0.6 is 11.6 Å². The molecule has 0 bridgehead atoms. The van der Waals surface area contributed by atoms with E-state index in [1.165, 1.54) is 6.20 Å². The van der Waals surface area contributed by atoms with E-state index in [9.17, 15) is 8.42 Å². The number of sulfonamides is 1. The van der Waals surface area contributed by atoms with Crippen LogP contribution in [-0.4, -0.2) is 45.9 Å². The highest BCUT2D eigenvalue weighted by Gasteiger charge is 2.22. The standard InChI is InChI=1S/C17H21ClN6O2S/c1-4-24(5-2)10-14-21-15(11-23(14)3)27(25,26)22-17-16(18)19-12-8-6-7-9-13(12)20-17/h6-9,11H,4-5,10H2,1-3H3,(H,20,22). The Morgan fingerprint density at radius 2 is 1.74 bits per heavy atom. The minimum atomic E-state index is -3.94. The largest absolute Gasteiger partial charge is 0.335 e. The maximum Gasteiger partial charge on any atom is 0.282 e. The number of para-hydroxylation sites is 2. The first-order valence-corrected chi connectivity index (χ1v) is 10.4. The molecule has 2 heterocycles. The Bertz CT molecular complexity index is 1060. The Balaban J connectivity index is 1.90. The summed E-state index contributed by atoms with van der Waals surface area (Å²) in [7, 11) is -2.17. The molecule has 3 rings (SSSR count). The van der Waals surface area contributed by atoms with Crippen LogP contribution in [0.25, 0.3) is 11.0 Å². The molecule has 0 aliphatic carbocycles. The minimum Gasteiger partial charge on any atom is -0.335 e. The third-order valence-corrected chi connectivity index (χ3v) is 5.72. The average molecular weight is 409 g/mol. The predicted octanol–water partition coefficient (Wildman–Crippen LogP) is 2.66. The molecule has 0 atom stereocenters. The Morgan fingerprint density at radius 1 is 1.11 bits per heavy atom. The molecular formula is C17H21ClN6O2S. The molecule has 0 aliphatic heterocycles. The first-order chi connectivity index (χ1) is 12.8. The number of aryl methyl sites for hydroxylation is 1. The van der Waals surface area contributed by atoms with E-state index in [0.717, 1.165) is 13.1 Å². The Hall–Kier alpha value is -2.23. The summed E-state index contributed by atoms with van der Waals surface area (Å²) in [6.07, 6.45) is 1.48. The number of nitrogens with one attached hydrogen (secondary N) is 1. The van der Waals surface area contributed by atoms with Gasteiger partial charge in [0.25, 0.3) is 10.0 Å². The van der Waals surface area contributed by atoms with Crippen LogP contribution in [0.3, 0.4) is 0 Å². The molecule has 0 spiro atoms. The topological polar surface area (TPSA) is 93.0 Å². The molecule has 0 fully saturated rings. The number of imidazole rings is 1. The zero-order valence-electron chi connectivity index (χ0n) is 15.3. The van der Waals surface area contributed by atoms with Crippen LogP contribution in [0.2, 0.25) is 5.15 Å². The summed E-state index contributed by atoms with van der Waals surface area (Å²) in [6.45, 7) is 6.37. The van der Waals surface area contributed by atoms with E-state index >= 15 is 0 Å². The van der Waals surface area contributed by atoms with E-state index in [0.29, 0.717) is 23.4 Å². The number of halogens is 1. The van der Waals surface area contributed by atoms with E-state index in [-0.39, 0.29) is 16.0 Å². The molecule has 2 aromatic heterocycles. The number of anilines is 1. The lowest BCUT2D eigenvalue weighted by Gasteiger charge is -2.17. The fourth-order valence-corrected chi connectivity index (χ4v) is 3.88. The van der Waals surface area contributed by atoms with Crippen molar-refractivity contribution < 1.29 is 8.42 Å². The van der Waals surface area contributed by atoms with Gasteiger partial charge in [-0.05, 0) is 25.2 Å². The number of benzene rings is 1. The molecule has 0 saturated heterocycles. The van der Waals surface area contributed by atoms with Gasteiger partial charge in [0.05, 0.1) is 17.6 Å². The van der Waals surface area contributed by atoms with Crippen molar-refractivity contribution >= 4 is 38.5 Å². The van der Waals surface area contributed by atoms with Crippen molar-refractivity contribution in [3.63, 3.8) is 0 Å². The summed E-state index contributed by atoms with van der Waals surface area (Å²) in [6, 6.07) is 7.09. The van der Waals surface area contributed by atoms with E-state index in [1.54, 1.807) is 29.8 Å². The number of aromatic nitrogens is 4. The van der Waals surface area contributed by atoms with Crippen LogP contribution in [0, 0.1) is 0 Å². The van der Waals surface area contributed by atoms with Gasteiger partial charge in [-0.2, -0.15) is 8.42 Å². The number of rotatable bonds is 7. The van der Waals surface area contributed by atoms with E-state index in [2.05, 4.69) is 24.6 Å². The second-order valence-corrected chi connectivity index (χ2v) is 8.01. The normalized spacial score (nSPS) is 12.0. The van der Waals surface area contributed by atoms with Crippen molar-refractivity contribution in [1.82, 2.24) is 24.4 Å². The molecule has 10 heteroatoms. The quantitative estimate of drug-likeness (QED) is 0.646. The molecule has 0 unspecified atom stereocenters. The maximum atomic E-state index is 12.8. The summed E-state index contributed by atoms with van der Waals surface area (Å²) < 4.78 is 29.6. The summed E-state index contributed by atoms with van der Waals surface area (Å²) >= 11 is 6.11. The van der Waals surface area contributed by atoms with Crippen LogP contribution in [0.1, 0.15) is 19.7 Å². The second kappa shape index (κ2) is 7.79. The predicted molar refractivity (Wildman–Crippen MR) is 105 cm³/mol. The number of fused-ring (bicyclic) bond motifs is 1. The van der Waals surface area contributed by atoms with Gasteiger partial charge in [0.15, 0.2) is 16.0 Å². The number of nitrogens with zero attached hydrogens (tertiary/aromatic N) is 5. The first-order valence-electron chi connectivity index (χ1n) is 8.53. The van der Waals surface area contributed by atoms with Crippen molar-refractivity contribution in [2.45, 2.75) is 25.4 Å². The molecule has 144 valence electrons. The average Bonchev–Trinajstić information content (AvgIpc) is 3.01. The van der Waals surface area contributed by atoms with Crippen molar-refractivity contribution in [3.8, 4) is 0 Å². The fourth-order valence-electron chi connectivity index (χ4n) is 2.62. The highest BCUT2D eigenvalue weighted by atomic mass is 35.5. The molecule has 0 amide bonds. The van der Waals surface area contributed by atoms with Crippen molar-refractivity contribution in [1.29, 1.82) is 0 Å². The third kappa shape index (κ3) is 4.20. The SMILES string of the molecule is CCN(CC)Cc1nc(S(=O)(=O)Nc2nc3ccccc3nc2Cl)cn1C. The zero-order chi connectivity index (χ0) is 19.6. The van der Waals surface area contributed by atoms with E-state index < -0.39 is 10.0 Å². The lowest BCUT2D eigenvalue weighted by molar-refractivity contribution is 0.285. The Labute approximate surface area is 163 Å². The lowest BCUT2D eigenvalue weighted by atomic mass is 10.3. The van der Waals surface area contributed by atoms with Gasteiger partial charge in [0.2, 0.25) is 0 Å². The molecule has 8 nitrogen and oxygen atoms in total. The second-order valence-electron chi connectivity index (χ2n) is 6.02. The van der Waals surface area contributed by atoms with Gasteiger partial charge < -0.3 is 4.57 Å². The highest BCUT2D eigenvalue weighted by molar-refractivity contribution is 7.92. The summed E-state index contributed by atoms with van der Waals surface area (Å²) in [4.78, 5) is 14.9. The van der Waals surface area contributed by atoms with Crippen LogP contribution in [0.4, 0.5) is 5.82 Å². The molecule has 27 heavy (non-hydrogen) atoms. The zero-order valence-corrected chi connectivity index (χ0v) is 16.9. The summed E-state index contributed by atoms with van der Waals surface area (Å²) in [5, 5.41) is -0.102. The lowest BCUT2D eigenvalue weighted by Crippen LogP contribution is -2.24. The van der Waals surface area contributed by atoms with Gasteiger partial charge in [-0.3, -0.25) is 9.62 Å². The minimum absolute atomic E-state index is 0.0171. The third-order valence-electron chi connectivity index (χ3n) is 4.24. The first kappa shape index (κ1) is 19.5. The van der Waals surface area contributed by atoms with Gasteiger partial charge in [-0.1, -0.05) is 37.6 Å². The van der Waals surface area contributed by atoms with Crippen LogP contribution < -0.4 is 4.72 Å². The molecule has 1 N–H and O–H groups in total. The van der Waals surface area contributed by atoms with E-state index in [4.69, 9.17) is 11.6 Å². The molecule has 1 aromatic carbocycles. The molecule has 0 saturated carbocycles. The van der Waals surface area contributed by atoms with Gasteiger partial charge in [0, 0.05) is 13.2 Å². The summed E-state index contributed by atoms with van der Waals surface area (Å²) in [5.41, 5.74) is 1.13.